The van der Waals surface area contributed by atoms with E-state index in [0.29, 0.717) is 6.29 Å². The maximum atomic E-state index is 10.1. The van der Waals surface area contributed by atoms with Crippen LogP contribution in [0.1, 0.15) is 0 Å². The molecular formula is C8H9N2O. The van der Waals surface area contributed by atoms with E-state index in [4.69, 9.17) is 5.73 Å². The highest BCUT2D eigenvalue weighted by Crippen LogP contribution is 2.03. The number of aldehydes is 1. The summed E-state index contributed by atoms with van der Waals surface area (Å²) in [6, 6.07) is 9.94. The molecule has 1 atom stereocenters. The summed E-state index contributed by atoms with van der Waals surface area (Å²) in [5, 5.41) is 2.78. The van der Waals surface area contributed by atoms with Crippen LogP contribution in [0.5, 0.6) is 0 Å². The van der Waals surface area contributed by atoms with Gasteiger partial charge in [-0.05, 0) is 18.2 Å². The Hall–Kier alpha value is -1.35. The number of carbonyl (C=O) groups excluding carboxylic acids is 1. The third kappa shape index (κ3) is 2.39. The molecule has 1 unspecified atom stereocenters. The fourth-order valence-electron chi connectivity index (χ4n) is 0.710. The Balaban J connectivity index is 2.57. The molecule has 0 spiro atoms. The summed E-state index contributed by atoms with van der Waals surface area (Å²) in [6.07, 6.45) is 0.0221. The third-order valence-electron chi connectivity index (χ3n) is 1.20. The van der Waals surface area contributed by atoms with Gasteiger partial charge < -0.3 is 11.1 Å². The topological polar surface area (TPSA) is 55.1 Å². The van der Waals surface area contributed by atoms with Crippen molar-refractivity contribution >= 4 is 12.0 Å². The first-order valence-corrected chi connectivity index (χ1v) is 3.26. The number of hydrogen-bond donors (Lipinski definition) is 2. The molecule has 3 heteroatoms. The van der Waals surface area contributed by atoms with Crippen LogP contribution in [-0.4, -0.2) is 12.5 Å². The number of benzene rings is 1. The van der Waals surface area contributed by atoms with Crippen molar-refractivity contribution in [3.05, 3.63) is 30.3 Å². The minimum absolute atomic E-state index is 0.627. The van der Waals surface area contributed by atoms with E-state index >= 15 is 0 Å². The summed E-state index contributed by atoms with van der Waals surface area (Å²) in [7, 11) is 0. The molecule has 0 aliphatic heterocycles. The Morgan fingerprint density at radius 1 is 1.55 bits per heavy atom. The Morgan fingerprint density at radius 3 is 2.73 bits per heavy atom. The molecule has 0 fully saturated rings. The average molecular weight is 149 g/mol. The van der Waals surface area contributed by atoms with Crippen molar-refractivity contribution in [2.75, 3.05) is 5.32 Å². The minimum atomic E-state index is -0.627. The van der Waals surface area contributed by atoms with Crippen LogP contribution in [0.25, 0.3) is 0 Å². The van der Waals surface area contributed by atoms with Gasteiger partial charge in [-0.15, -0.1) is 0 Å². The standard InChI is InChI=1S/C8H9N2O/c9-8(6-11)10-7-4-2-1-3-5-7/h2-6,8,10H,9H2. The third-order valence-corrected chi connectivity index (χ3v) is 1.20. The highest BCUT2D eigenvalue weighted by molar-refractivity contribution is 5.63. The van der Waals surface area contributed by atoms with E-state index in [1.54, 1.807) is 24.3 Å². The fraction of sp³-hybridized carbons (Fsp3) is 0.125. The first kappa shape index (κ1) is 7.75. The van der Waals surface area contributed by atoms with Crippen molar-refractivity contribution < 1.29 is 4.79 Å². The van der Waals surface area contributed by atoms with E-state index in [1.165, 1.54) is 0 Å². The summed E-state index contributed by atoms with van der Waals surface area (Å²) >= 11 is 0. The largest absolute Gasteiger partial charge is 0.364 e. The van der Waals surface area contributed by atoms with Crippen molar-refractivity contribution in [2.45, 2.75) is 6.17 Å². The molecule has 1 radical (unpaired) electrons. The lowest BCUT2D eigenvalue weighted by Crippen LogP contribution is -2.30. The summed E-state index contributed by atoms with van der Waals surface area (Å²) in [5.74, 6) is 0. The summed E-state index contributed by atoms with van der Waals surface area (Å²) in [6.45, 7) is 0. The van der Waals surface area contributed by atoms with E-state index < -0.39 is 6.17 Å². The van der Waals surface area contributed by atoms with Crippen molar-refractivity contribution in [3.8, 4) is 0 Å². The van der Waals surface area contributed by atoms with Gasteiger partial charge in [0.05, 0.1) is 0 Å². The first-order chi connectivity index (χ1) is 5.33. The van der Waals surface area contributed by atoms with Crippen LogP contribution in [0.2, 0.25) is 0 Å². The van der Waals surface area contributed by atoms with Crippen LogP contribution < -0.4 is 11.1 Å². The van der Waals surface area contributed by atoms with Gasteiger partial charge in [-0.1, -0.05) is 12.1 Å². The van der Waals surface area contributed by atoms with Gasteiger partial charge in [0.15, 0.2) is 6.29 Å². The lowest BCUT2D eigenvalue weighted by Gasteiger charge is -2.07. The summed E-state index contributed by atoms with van der Waals surface area (Å²) < 4.78 is 0. The van der Waals surface area contributed by atoms with Gasteiger partial charge in [0.25, 0.3) is 0 Å². The quantitative estimate of drug-likeness (QED) is 0.482. The van der Waals surface area contributed by atoms with Gasteiger partial charge in [-0.25, -0.2) is 0 Å². The molecule has 1 aromatic rings. The van der Waals surface area contributed by atoms with Crippen LogP contribution in [0, 0.1) is 6.07 Å². The predicted molar refractivity (Wildman–Crippen MR) is 42.9 cm³/mol. The van der Waals surface area contributed by atoms with Gasteiger partial charge in [0, 0.05) is 5.69 Å². The molecule has 0 aliphatic rings. The van der Waals surface area contributed by atoms with Crippen LogP contribution in [0.3, 0.4) is 0 Å². The molecule has 1 aromatic carbocycles. The van der Waals surface area contributed by atoms with E-state index in [1.807, 2.05) is 0 Å². The molecule has 0 saturated heterocycles. The summed E-state index contributed by atoms with van der Waals surface area (Å²) in [5.41, 5.74) is 6.14. The van der Waals surface area contributed by atoms with Crippen LogP contribution >= 0.6 is 0 Å². The van der Waals surface area contributed by atoms with E-state index in [0.717, 1.165) is 5.69 Å². The Bertz CT molecular complexity index is 223. The first-order valence-electron chi connectivity index (χ1n) is 3.26. The van der Waals surface area contributed by atoms with Crippen molar-refractivity contribution in [1.82, 2.24) is 0 Å². The van der Waals surface area contributed by atoms with Crippen LogP contribution in [-0.2, 0) is 4.79 Å². The SMILES string of the molecule is NC(C=O)Nc1cc[c]cc1. The van der Waals surface area contributed by atoms with E-state index in [9.17, 15) is 4.79 Å². The lowest BCUT2D eigenvalue weighted by molar-refractivity contribution is -0.108. The van der Waals surface area contributed by atoms with E-state index in [2.05, 4.69) is 11.4 Å². The van der Waals surface area contributed by atoms with E-state index in [-0.39, 0.29) is 0 Å². The minimum Gasteiger partial charge on any atom is -0.364 e. The molecule has 11 heavy (non-hydrogen) atoms. The summed E-state index contributed by atoms with van der Waals surface area (Å²) in [4.78, 5) is 10.1. The molecular weight excluding hydrogens is 140 g/mol. The lowest BCUT2D eigenvalue weighted by atomic mass is 10.3. The zero-order chi connectivity index (χ0) is 8.10. The Labute approximate surface area is 65.2 Å². The zero-order valence-corrected chi connectivity index (χ0v) is 5.95. The van der Waals surface area contributed by atoms with Gasteiger partial charge >= 0.3 is 0 Å². The second kappa shape index (κ2) is 3.73. The second-order valence-corrected chi connectivity index (χ2v) is 2.09. The molecule has 0 aromatic heterocycles. The van der Waals surface area contributed by atoms with Crippen LogP contribution in [0.4, 0.5) is 5.69 Å². The highest BCUT2D eigenvalue weighted by atomic mass is 16.1. The Kier molecular flexibility index (Phi) is 2.63. The smallest absolute Gasteiger partial charge is 0.156 e. The number of nitrogens with two attached hydrogens (primary N) is 1. The highest BCUT2D eigenvalue weighted by Gasteiger charge is 1.96. The van der Waals surface area contributed by atoms with Crippen molar-refractivity contribution in [3.63, 3.8) is 0 Å². The normalized spacial score (nSPS) is 12.1. The molecule has 0 aliphatic carbocycles. The molecule has 0 amide bonds. The number of nitrogens with one attached hydrogen (secondary N) is 1. The Morgan fingerprint density at radius 2 is 2.18 bits per heavy atom. The van der Waals surface area contributed by atoms with Crippen molar-refractivity contribution in [2.24, 2.45) is 5.73 Å². The maximum absolute atomic E-state index is 10.1. The number of anilines is 1. The van der Waals surface area contributed by atoms with Gasteiger partial charge in [0.1, 0.15) is 6.17 Å². The second-order valence-electron chi connectivity index (χ2n) is 2.09. The zero-order valence-electron chi connectivity index (χ0n) is 5.95. The molecule has 3 nitrogen and oxygen atoms in total. The molecule has 1 rings (SSSR count). The number of carbonyl (C=O) groups is 1. The van der Waals surface area contributed by atoms with Crippen LogP contribution in [0.15, 0.2) is 24.3 Å². The van der Waals surface area contributed by atoms with Crippen molar-refractivity contribution in [1.29, 1.82) is 0 Å². The predicted octanol–water partition coefficient (Wildman–Crippen LogP) is 0.382. The monoisotopic (exact) mass is 149 g/mol. The fourth-order valence-corrected chi connectivity index (χ4v) is 0.710. The van der Waals surface area contributed by atoms with Gasteiger partial charge in [-0.2, -0.15) is 0 Å². The molecule has 57 valence electrons. The number of hydrogen-bond acceptors (Lipinski definition) is 3. The molecule has 0 heterocycles. The van der Waals surface area contributed by atoms with Gasteiger partial charge in [0.2, 0.25) is 0 Å². The molecule has 3 N–H and O–H groups in total. The van der Waals surface area contributed by atoms with Gasteiger partial charge in [-0.3, -0.25) is 4.79 Å². The number of rotatable bonds is 3. The molecule has 0 bridgehead atoms. The molecule has 0 saturated carbocycles. The maximum Gasteiger partial charge on any atom is 0.156 e. The average Bonchev–Trinajstić information content (AvgIpc) is 2.06.